The van der Waals surface area contributed by atoms with E-state index in [9.17, 15) is 4.79 Å². The summed E-state index contributed by atoms with van der Waals surface area (Å²) < 4.78 is 2.20. The third kappa shape index (κ3) is 4.70. The number of nitrogens with one attached hydrogen (secondary N) is 2. The molecule has 0 aliphatic carbocycles. The van der Waals surface area contributed by atoms with Crippen LogP contribution >= 0.6 is 0 Å². The van der Waals surface area contributed by atoms with E-state index in [1.54, 1.807) is 0 Å². The van der Waals surface area contributed by atoms with Gasteiger partial charge in [0.2, 0.25) is 5.91 Å². The van der Waals surface area contributed by atoms with Gasteiger partial charge < -0.3 is 20.1 Å². The fourth-order valence-electron chi connectivity index (χ4n) is 3.39. The molecule has 8 nitrogen and oxygen atoms in total. The van der Waals surface area contributed by atoms with Crippen molar-refractivity contribution >= 4 is 11.9 Å². The summed E-state index contributed by atoms with van der Waals surface area (Å²) in [6.45, 7) is 6.93. The largest absolute Gasteiger partial charge is 0.357 e. The van der Waals surface area contributed by atoms with Crippen molar-refractivity contribution in [2.75, 3.05) is 26.2 Å². The number of fused-ring (bicyclic) bond motifs is 1. The lowest BCUT2D eigenvalue weighted by molar-refractivity contribution is -0.127. The quantitative estimate of drug-likeness (QED) is 0.430. The molecule has 0 unspecified atom stereocenters. The zero-order valence-electron chi connectivity index (χ0n) is 15.1. The molecule has 138 valence electrons. The Morgan fingerprint density at radius 3 is 2.88 bits per heavy atom. The maximum absolute atomic E-state index is 11.6. The van der Waals surface area contributed by atoms with Crippen LogP contribution in [0.5, 0.6) is 0 Å². The summed E-state index contributed by atoms with van der Waals surface area (Å²) in [5, 5.41) is 15.2. The molecular formula is C17H29N7O. The highest BCUT2D eigenvalue weighted by atomic mass is 16.2. The van der Waals surface area contributed by atoms with Crippen molar-refractivity contribution in [3.05, 3.63) is 11.6 Å². The van der Waals surface area contributed by atoms with Gasteiger partial charge in [0, 0.05) is 45.6 Å². The molecule has 1 amide bonds. The maximum atomic E-state index is 11.6. The van der Waals surface area contributed by atoms with Gasteiger partial charge in [-0.2, -0.15) is 0 Å². The predicted octanol–water partition coefficient (Wildman–Crippen LogP) is 0.682. The van der Waals surface area contributed by atoms with Crippen molar-refractivity contribution in [3.8, 4) is 0 Å². The predicted molar refractivity (Wildman–Crippen MR) is 96.2 cm³/mol. The minimum Gasteiger partial charge on any atom is -0.357 e. The molecule has 1 aromatic heterocycles. The van der Waals surface area contributed by atoms with Crippen molar-refractivity contribution in [2.45, 2.75) is 58.5 Å². The number of amides is 1. The van der Waals surface area contributed by atoms with Gasteiger partial charge in [0.05, 0.1) is 0 Å². The van der Waals surface area contributed by atoms with Crippen LogP contribution in [0.15, 0.2) is 4.99 Å². The summed E-state index contributed by atoms with van der Waals surface area (Å²) in [4.78, 5) is 18.2. The van der Waals surface area contributed by atoms with Crippen LogP contribution in [0.25, 0.3) is 0 Å². The van der Waals surface area contributed by atoms with Gasteiger partial charge in [-0.05, 0) is 32.6 Å². The second-order valence-corrected chi connectivity index (χ2v) is 6.60. The standard InChI is InChI=1S/C17H29N7O/c1-2-18-17(19-9-6-11-23-10-5-8-16(23)25)20-13-15-22-21-14-7-3-4-12-24(14)15/h2-13H2,1H3,(H2,18,19,20). The monoisotopic (exact) mass is 347 g/mol. The van der Waals surface area contributed by atoms with Crippen LogP contribution in [0.2, 0.25) is 0 Å². The van der Waals surface area contributed by atoms with E-state index < -0.39 is 0 Å². The van der Waals surface area contributed by atoms with E-state index in [2.05, 4.69) is 37.3 Å². The molecule has 2 aliphatic rings. The number of hydrogen-bond acceptors (Lipinski definition) is 4. The lowest BCUT2D eigenvalue weighted by Crippen LogP contribution is -2.39. The van der Waals surface area contributed by atoms with Crippen LogP contribution in [0, 0.1) is 0 Å². The van der Waals surface area contributed by atoms with Crippen LogP contribution in [0.1, 0.15) is 50.7 Å². The molecule has 0 bridgehead atoms. The van der Waals surface area contributed by atoms with Crippen LogP contribution in [-0.2, 0) is 24.3 Å². The zero-order valence-corrected chi connectivity index (χ0v) is 15.1. The summed E-state index contributed by atoms with van der Waals surface area (Å²) in [5.41, 5.74) is 0. The Balaban J connectivity index is 1.47. The summed E-state index contributed by atoms with van der Waals surface area (Å²) in [6.07, 6.45) is 6.04. The highest BCUT2D eigenvalue weighted by Crippen LogP contribution is 2.14. The summed E-state index contributed by atoms with van der Waals surface area (Å²) in [6, 6.07) is 0. The number of carbonyl (C=O) groups is 1. The molecule has 1 saturated heterocycles. The topological polar surface area (TPSA) is 87.4 Å². The normalized spacial score (nSPS) is 17.7. The van der Waals surface area contributed by atoms with Crippen LogP contribution < -0.4 is 10.6 Å². The van der Waals surface area contributed by atoms with Gasteiger partial charge in [-0.25, -0.2) is 4.99 Å². The molecule has 1 fully saturated rings. The summed E-state index contributed by atoms with van der Waals surface area (Å²) in [5.74, 6) is 3.11. The van der Waals surface area contributed by atoms with Crippen LogP contribution in [0.3, 0.4) is 0 Å². The van der Waals surface area contributed by atoms with Crippen molar-refractivity contribution in [3.63, 3.8) is 0 Å². The van der Waals surface area contributed by atoms with E-state index in [1.807, 2.05) is 4.90 Å². The molecule has 3 rings (SSSR count). The Hall–Kier alpha value is -2.12. The first-order valence-electron chi connectivity index (χ1n) is 9.49. The number of nitrogens with zero attached hydrogens (tertiary/aromatic N) is 5. The number of hydrogen-bond donors (Lipinski definition) is 2. The Labute approximate surface area is 149 Å². The van der Waals surface area contributed by atoms with E-state index in [0.717, 1.165) is 69.6 Å². The average Bonchev–Trinajstić information content (AvgIpc) is 3.22. The molecule has 2 aliphatic heterocycles. The van der Waals surface area contributed by atoms with Gasteiger partial charge >= 0.3 is 0 Å². The first-order chi connectivity index (χ1) is 12.3. The molecular weight excluding hydrogens is 318 g/mol. The Morgan fingerprint density at radius 1 is 1.16 bits per heavy atom. The van der Waals surface area contributed by atoms with Gasteiger partial charge in [0.25, 0.3) is 0 Å². The first kappa shape index (κ1) is 17.7. The number of aryl methyl sites for hydroxylation is 1. The highest BCUT2D eigenvalue weighted by Gasteiger charge is 2.19. The number of aliphatic imine (C=N–C) groups is 1. The Bertz CT molecular complexity index is 610. The summed E-state index contributed by atoms with van der Waals surface area (Å²) in [7, 11) is 0. The van der Waals surface area contributed by atoms with Crippen molar-refractivity contribution in [2.24, 2.45) is 4.99 Å². The zero-order chi connectivity index (χ0) is 17.5. The number of likely N-dealkylation sites (tertiary alicyclic amines) is 1. The van der Waals surface area contributed by atoms with Crippen molar-refractivity contribution < 1.29 is 4.79 Å². The molecule has 3 heterocycles. The smallest absolute Gasteiger partial charge is 0.222 e. The van der Waals surface area contributed by atoms with Crippen molar-refractivity contribution in [1.29, 1.82) is 0 Å². The fraction of sp³-hybridized carbons (Fsp3) is 0.765. The van der Waals surface area contributed by atoms with E-state index in [0.29, 0.717) is 13.0 Å². The van der Waals surface area contributed by atoms with E-state index in [1.165, 1.54) is 12.8 Å². The minimum absolute atomic E-state index is 0.289. The fourth-order valence-corrected chi connectivity index (χ4v) is 3.39. The lowest BCUT2D eigenvalue weighted by atomic mass is 10.2. The van der Waals surface area contributed by atoms with Crippen LogP contribution in [-0.4, -0.2) is 57.7 Å². The molecule has 8 heteroatoms. The lowest BCUT2D eigenvalue weighted by Gasteiger charge is -2.17. The third-order valence-corrected chi connectivity index (χ3v) is 4.73. The van der Waals surface area contributed by atoms with Gasteiger partial charge in [0.15, 0.2) is 11.8 Å². The minimum atomic E-state index is 0.289. The third-order valence-electron chi connectivity index (χ3n) is 4.73. The van der Waals surface area contributed by atoms with Gasteiger partial charge in [-0.3, -0.25) is 4.79 Å². The van der Waals surface area contributed by atoms with E-state index in [4.69, 9.17) is 0 Å². The Kier molecular flexibility index (Phi) is 6.25. The maximum Gasteiger partial charge on any atom is 0.222 e. The van der Waals surface area contributed by atoms with Crippen molar-refractivity contribution in [1.82, 2.24) is 30.3 Å². The van der Waals surface area contributed by atoms with E-state index in [-0.39, 0.29) is 5.91 Å². The van der Waals surface area contributed by atoms with Gasteiger partial charge in [-0.1, -0.05) is 0 Å². The molecule has 25 heavy (non-hydrogen) atoms. The summed E-state index contributed by atoms with van der Waals surface area (Å²) >= 11 is 0. The number of guanidine groups is 1. The van der Waals surface area contributed by atoms with Crippen LogP contribution in [0.4, 0.5) is 0 Å². The molecule has 0 aromatic carbocycles. The van der Waals surface area contributed by atoms with Gasteiger partial charge in [0.1, 0.15) is 12.4 Å². The molecule has 0 saturated carbocycles. The number of carbonyl (C=O) groups excluding carboxylic acids is 1. The number of rotatable bonds is 7. The molecule has 0 atom stereocenters. The average molecular weight is 347 g/mol. The number of aromatic nitrogens is 3. The second-order valence-electron chi connectivity index (χ2n) is 6.60. The molecule has 2 N–H and O–H groups in total. The second kappa shape index (κ2) is 8.82. The molecule has 0 radical (unpaired) electrons. The van der Waals surface area contributed by atoms with E-state index >= 15 is 0 Å². The Morgan fingerprint density at radius 2 is 2.08 bits per heavy atom. The highest BCUT2D eigenvalue weighted by molar-refractivity contribution is 5.79. The molecule has 0 spiro atoms. The molecule has 1 aromatic rings. The first-order valence-corrected chi connectivity index (χ1v) is 9.49. The van der Waals surface area contributed by atoms with Gasteiger partial charge in [-0.15, -0.1) is 10.2 Å². The SMILES string of the molecule is CCNC(=NCc1nnc2n1CCCC2)NCCCN1CCCC1=O.